The molecular formula is C27H24N2O4. The van der Waals surface area contributed by atoms with E-state index in [1.54, 1.807) is 31.4 Å². The molecule has 0 saturated carbocycles. The third-order valence-corrected chi connectivity index (χ3v) is 6.05. The van der Waals surface area contributed by atoms with Crippen LogP contribution in [0.25, 0.3) is 22.4 Å². The Bertz CT molecular complexity index is 1310. The summed E-state index contributed by atoms with van der Waals surface area (Å²) in [4.78, 5) is 30.6. The SMILES string of the molecule is CC(OC(=O)c1cc(-c2ccco2)nc2ccccc12)C(=O)NC1CCCc2ccccc21. The Morgan fingerprint density at radius 2 is 1.91 bits per heavy atom. The molecule has 1 aliphatic carbocycles. The van der Waals surface area contributed by atoms with Crippen LogP contribution < -0.4 is 5.32 Å². The van der Waals surface area contributed by atoms with E-state index in [2.05, 4.69) is 22.4 Å². The Balaban J connectivity index is 1.36. The summed E-state index contributed by atoms with van der Waals surface area (Å²) in [5.41, 5.74) is 3.91. The molecule has 5 rings (SSSR count). The van der Waals surface area contributed by atoms with Crippen molar-refractivity contribution >= 4 is 22.8 Å². The maximum absolute atomic E-state index is 13.1. The molecule has 0 saturated heterocycles. The van der Waals surface area contributed by atoms with Crippen molar-refractivity contribution in [2.75, 3.05) is 0 Å². The van der Waals surface area contributed by atoms with Gasteiger partial charge in [-0.15, -0.1) is 0 Å². The first kappa shape index (κ1) is 20.9. The number of aryl methyl sites for hydroxylation is 1. The normalized spacial score (nSPS) is 16.1. The van der Waals surface area contributed by atoms with Crippen molar-refractivity contribution in [3.05, 3.63) is 89.7 Å². The van der Waals surface area contributed by atoms with Crippen molar-refractivity contribution in [2.45, 2.75) is 38.3 Å². The van der Waals surface area contributed by atoms with Crippen LogP contribution in [0.5, 0.6) is 0 Å². The fraction of sp³-hybridized carbons (Fsp3) is 0.222. The Hall–Kier alpha value is -3.93. The molecule has 166 valence electrons. The predicted molar refractivity (Wildman–Crippen MR) is 125 cm³/mol. The second-order valence-electron chi connectivity index (χ2n) is 8.25. The Labute approximate surface area is 191 Å². The van der Waals surface area contributed by atoms with Gasteiger partial charge in [0, 0.05) is 5.39 Å². The maximum atomic E-state index is 13.1. The van der Waals surface area contributed by atoms with E-state index in [1.807, 2.05) is 36.4 Å². The minimum absolute atomic E-state index is 0.0732. The first-order chi connectivity index (χ1) is 16.1. The van der Waals surface area contributed by atoms with Gasteiger partial charge in [0.25, 0.3) is 5.91 Å². The van der Waals surface area contributed by atoms with E-state index < -0.39 is 12.1 Å². The lowest BCUT2D eigenvalue weighted by atomic mass is 9.87. The first-order valence-corrected chi connectivity index (χ1v) is 11.1. The summed E-state index contributed by atoms with van der Waals surface area (Å²) >= 11 is 0. The fourth-order valence-corrected chi connectivity index (χ4v) is 4.37. The van der Waals surface area contributed by atoms with E-state index in [0.717, 1.165) is 24.8 Å². The van der Waals surface area contributed by atoms with Crippen LogP contribution in [0.4, 0.5) is 0 Å². The van der Waals surface area contributed by atoms with E-state index in [0.29, 0.717) is 27.9 Å². The second kappa shape index (κ2) is 8.90. The third kappa shape index (κ3) is 4.24. The summed E-state index contributed by atoms with van der Waals surface area (Å²) in [5, 5.41) is 3.72. The van der Waals surface area contributed by atoms with Crippen molar-refractivity contribution in [1.29, 1.82) is 0 Å². The van der Waals surface area contributed by atoms with Gasteiger partial charge in [-0.1, -0.05) is 42.5 Å². The molecule has 0 spiro atoms. The van der Waals surface area contributed by atoms with Crippen LogP contribution >= 0.6 is 0 Å². The molecule has 2 aromatic carbocycles. The van der Waals surface area contributed by atoms with E-state index in [-0.39, 0.29) is 11.9 Å². The molecule has 0 fully saturated rings. The minimum atomic E-state index is -0.939. The molecule has 0 aliphatic heterocycles. The van der Waals surface area contributed by atoms with Crippen molar-refractivity contribution < 1.29 is 18.7 Å². The van der Waals surface area contributed by atoms with E-state index in [9.17, 15) is 9.59 Å². The highest BCUT2D eigenvalue weighted by molar-refractivity contribution is 6.05. The van der Waals surface area contributed by atoms with Crippen molar-refractivity contribution in [3.63, 3.8) is 0 Å². The second-order valence-corrected chi connectivity index (χ2v) is 8.25. The summed E-state index contributed by atoms with van der Waals surface area (Å²) in [6, 6.07) is 20.6. The number of rotatable bonds is 5. The highest BCUT2D eigenvalue weighted by Gasteiger charge is 2.26. The molecule has 1 N–H and O–H groups in total. The molecule has 1 aliphatic rings. The highest BCUT2D eigenvalue weighted by Crippen LogP contribution is 2.30. The quantitative estimate of drug-likeness (QED) is 0.430. The zero-order valence-electron chi connectivity index (χ0n) is 18.3. The topological polar surface area (TPSA) is 81.4 Å². The molecule has 6 nitrogen and oxygen atoms in total. The largest absolute Gasteiger partial charge is 0.463 e. The number of furan rings is 1. The number of hydrogen-bond acceptors (Lipinski definition) is 5. The van der Waals surface area contributed by atoms with E-state index in [4.69, 9.17) is 9.15 Å². The Kier molecular flexibility index (Phi) is 5.65. The van der Waals surface area contributed by atoms with Crippen LogP contribution in [0.2, 0.25) is 0 Å². The van der Waals surface area contributed by atoms with Crippen LogP contribution in [-0.4, -0.2) is 23.0 Å². The zero-order valence-corrected chi connectivity index (χ0v) is 18.3. The summed E-state index contributed by atoms with van der Waals surface area (Å²) in [7, 11) is 0. The molecule has 1 amide bonds. The van der Waals surface area contributed by atoms with Gasteiger partial charge in [0.15, 0.2) is 11.9 Å². The molecule has 0 bridgehead atoms. The number of amides is 1. The standard InChI is InChI=1S/C27H24N2O4/c1-17(26(30)29-22-13-6-9-18-8-2-3-10-19(18)22)33-27(31)21-16-24(25-14-7-15-32-25)28-23-12-5-4-11-20(21)23/h2-5,7-8,10-12,14-17,22H,6,9,13H2,1H3,(H,29,30). The minimum Gasteiger partial charge on any atom is -0.463 e. The summed E-state index contributed by atoms with van der Waals surface area (Å²) in [6.45, 7) is 1.60. The van der Waals surface area contributed by atoms with Crippen molar-refractivity contribution in [2.24, 2.45) is 0 Å². The molecule has 2 atom stereocenters. The summed E-state index contributed by atoms with van der Waals surface area (Å²) < 4.78 is 11.1. The number of ether oxygens (including phenoxy) is 1. The van der Waals surface area contributed by atoms with Gasteiger partial charge >= 0.3 is 5.97 Å². The van der Waals surface area contributed by atoms with Crippen LogP contribution in [0.15, 0.2) is 77.4 Å². The average molecular weight is 440 g/mol. The van der Waals surface area contributed by atoms with E-state index >= 15 is 0 Å². The summed E-state index contributed by atoms with van der Waals surface area (Å²) in [5.74, 6) is -0.334. The lowest BCUT2D eigenvalue weighted by Gasteiger charge is -2.27. The van der Waals surface area contributed by atoms with Gasteiger partial charge in [0.1, 0.15) is 5.69 Å². The lowest BCUT2D eigenvalue weighted by molar-refractivity contribution is -0.130. The Morgan fingerprint density at radius 3 is 2.76 bits per heavy atom. The number of pyridine rings is 1. The van der Waals surface area contributed by atoms with Crippen LogP contribution in [0, 0.1) is 0 Å². The number of esters is 1. The monoisotopic (exact) mass is 440 g/mol. The van der Waals surface area contributed by atoms with Gasteiger partial charge in [0.05, 0.1) is 23.4 Å². The molecule has 6 heteroatoms. The molecule has 2 unspecified atom stereocenters. The number of hydrogen-bond donors (Lipinski definition) is 1. The number of carbonyl (C=O) groups is 2. The molecule has 33 heavy (non-hydrogen) atoms. The van der Waals surface area contributed by atoms with Gasteiger partial charge in [-0.05, 0) is 61.6 Å². The molecule has 2 heterocycles. The molecule has 4 aromatic rings. The Morgan fingerprint density at radius 1 is 1.09 bits per heavy atom. The van der Waals surface area contributed by atoms with Crippen LogP contribution in [-0.2, 0) is 16.0 Å². The molecule has 0 radical (unpaired) electrons. The zero-order chi connectivity index (χ0) is 22.8. The number of para-hydroxylation sites is 1. The van der Waals surface area contributed by atoms with Crippen molar-refractivity contribution in [1.82, 2.24) is 10.3 Å². The fourth-order valence-electron chi connectivity index (χ4n) is 4.37. The van der Waals surface area contributed by atoms with Gasteiger partial charge in [-0.25, -0.2) is 9.78 Å². The number of fused-ring (bicyclic) bond motifs is 2. The van der Waals surface area contributed by atoms with E-state index in [1.165, 1.54) is 5.56 Å². The first-order valence-electron chi connectivity index (χ1n) is 11.1. The molecule has 2 aromatic heterocycles. The lowest BCUT2D eigenvalue weighted by Crippen LogP contribution is -2.39. The number of nitrogens with zero attached hydrogens (tertiary/aromatic N) is 1. The average Bonchev–Trinajstić information content (AvgIpc) is 3.38. The van der Waals surface area contributed by atoms with Crippen LogP contribution in [0.1, 0.15) is 47.3 Å². The van der Waals surface area contributed by atoms with Gasteiger partial charge in [-0.2, -0.15) is 0 Å². The summed E-state index contributed by atoms with van der Waals surface area (Å²) in [6.07, 6.45) is 3.50. The highest BCUT2D eigenvalue weighted by atomic mass is 16.5. The van der Waals surface area contributed by atoms with Gasteiger partial charge in [-0.3, -0.25) is 4.79 Å². The van der Waals surface area contributed by atoms with Gasteiger partial charge in [0.2, 0.25) is 0 Å². The van der Waals surface area contributed by atoms with Crippen LogP contribution in [0.3, 0.4) is 0 Å². The van der Waals surface area contributed by atoms with Gasteiger partial charge < -0.3 is 14.5 Å². The number of benzene rings is 2. The predicted octanol–water partition coefficient (Wildman–Crippen LogP) is 5.23. The third-order valence-electron chi connectivity index (χ3n) is 6.05. The number of carbonyl (C=O) groups excluding carboxylic acids is 2. The number of aromatic nitrogens is 1. The number of nitrogens with one attached hydrogen (secondary N) is 1. The van der Waals surface area contributed by atoms with Crippen molar-refractivity contribution in [3.8, 4) is 11.5 Å². The maximum Gasteiger partial charge on any atom is 0.339 e. The molecular weight excluding hydrogens is 416 g/mol. The smallest absolute Gasteiger partial charge is 0.339 e.